The van der Waals surface area contributed by atoms with E-state index in [4.69, 9.17) is 0 Å². The van der Waals surface area contributed by atoms with Crippen LogP contribution < -0.4 is 0 Å². The lowest BCUT2D eigenvalue weighted by molar-refractivity contribution is -0.0174. The normalized spacial score (nSPS) is 18.7. The minimum atomic E-state index is -0.695. The van der Waals surface area contributed by atoms with Crippen LogP contribution in [0.4, 0.5) is 0 Å². The van der Waals surface area contributed by atoms with Crippen LogP contribution in [0.2, 0.25) is 0 Å². The lowest BCUT2D eigenvalue weighted by atomic mass is 9.89. The molecule has 0 saturated heterocycles. The van der Waals surface area contributed by atoms with Crippen LogP contribution in [0.15, 0.2) is 0 Å². The molecule has 0 heterocycles. The van der Waals surface area contributed by atoms with E-state index in [-0.39, 0.29) is 12.0 Å². The van der Waals surface area contributed by atoms with Gasteiger partial charge in [-0.25, -0.2) is 0 Å². The second kappa shape index (κ2) is 5.61. The first kappa shape index (κ1) is 12.9. The molecule has 0 fully saturated rings. The van der Waals surface area contributed by atoms with E-state index in [0.29, 0.717) is 6.42 Å². The number of aliphatic hydroxyl groups is 2. The van der Waals surface area contributed by atoms with Gasteiger partial charge in [0.1, 0.15) is 0 Å². The summed E-state index contributed by atoms with van der Waals surface area (Å²) in [7, 11) is 0. The molecule has 0 radical (unpaired) electrons. The topological polar surface area (TPSA) is 40.5 Å². The molecule has 0 rings (SSSR count). The van der Waals surface area contributed by atoms with Crippen LogP contribution in [-0.2, 0) is 0 Å². The van der Waals surface area contributed by atoms with E-state index in [1.165, 1.54) is 0 Å². The summed E-state index contributed by atoms with van der Waals surface area (Å²) in [5.41, 5.74) is -0.695. The molecule has 0 amide bonds. The highest BCUT2D eigenvalue weighted by atomic mass is 16.3. The predicted octanol–water partition coefficient (Wildman–Crippen LogP) is 2.33. The van der Waals surface area contributed by atoms with Crippen LogP contribution in [0.3, 0.4) is 0 Å². The zero-order valence-electron chi connectivity index (χ0n) is 9.38. The van der Waals surface area contributed by atoms with Gasteiger partial charge in [-0.15, -0.1) is 0 Å². The van der Waals surface area contributed by atoms with E-state index in [2.05, 4.69) is 6.92 Å². The van der Waals surface area contributed by atoms with Crippen molar-refractivity contribution in [1.82, 2.24) is 0 Å². The summed E-state index contributed by atoms with van der Waals surface area (Å²) >= 11 is 0. The Labute approximate surface area is 82.0 Å². The average Bonchev–Trinajstić information content (AvgIpc) is 2.00. The van der Waals surface area contributed by atoms with Gasteiger partial charge in [-0.3, -0.25) is 0 Å². The van der Waals surface area contributed by atoms with Gasteiger partial charge >= 0.3 is 0 Å². The first-order valence-electron chi connectivity index (χ1n) is 5.29. The van der Waals surface area contributed by atoms with Gasteiger partial charge in [0, 0.05) is 6.42 Å². The quantitative estimate of drug-likeness (QED) is 0.671. The fourth-order valence-corrected chi connectivity index (χ4v) is 1.35. The molecule has 2 atom stereocenters. The van der Waals surface area contributed by atoms with Crippen molar-refractivity contribution >= 4 is 0 Å². The van der Waals surface area contributed by atoms with Crippen molar-refractivity contribution in [1.29, 1.82) is 0 Å². The molecule has 0 aromatic rings. The van der Waals surface area contributed by atoms with Crippen LogP contribution in [0, 0.1) is 5.92 Å². The zero-order chi connectivity index (χ0) is 10.5. The maximum Gasteiger partial charge on any atom is 0.0644 e. The molecule has 0 aliphatic heterocycles. The van der Waals surface area contributed by atoms with Gasteiger partial charge in [-0.05, 0) is 19.3 Å². The molecular weight excluding hydrogens is 164 g/mol. The molecule has 2 heteroatoms. The highest BCUT2D eigenvalue weighted by Gasteiger charge is 2.25. The maximum atomic E-state index is 9.90. The molecular formula is C11H24O2. The van der Waals surface area contributed by atoms with Gasteiger partial charge in [-0.2, -0.15) is 0 Å². The van der Waals surface area contributed by atoms with Crippen molar-refractivity contribution in [2.24, 2.45) is 5.92 Å². The van der Waals surface area contributed by atoms with Gasteiger partial charge in [0.25, 0.3) is 0 Å². The Morgan fingerprint density at radius 2 is 1.85 bits per heavy atom. The Balaban J connectivity index is 3.86. The molecule has 0 aromatic carbocycles. The van der Waals surface area contributed by atoms with Gasteiger partial charge in [-0.1, -0.05) is 33.6 Å². The number of hydrogen-bond acceptors (Lipinski definition) is 2. The van der Waals surface area contributed by atoms with E-state index in [1.54, 1.807) is 0 Å². The van der Waals surface area contributed by atoms with E-state index in [9.17, 15) is 10.2 Å². The monoisotopic (exact) mass is 188 g/mol. The fourth-order valence-electron chi connectivity index (χ4n) is 1.35. The fraction of sp³-hybridized carbons (Fsp3) is 1.00. The van der Waals surface area contributed by atoms with E-state index in [0.717, 1.165) is 19.3 Å². The van der Waals surface area contributed by atoms with E-state index >= 15 is 0 Å². The Hall–Kier alpha value is -0.0800. The lowest BCUT2D eigenvalue weighted by Gasteiger charge is -2.27. The lowest BCUT2D eigenvalue weighted by Crippen LogP contribution is -2.32. The van der Waals surface area contributed by atoms with Gasteiger partial charge in [0.2, 0.25) is 0 Å². The molecule has 0 spiro atoms. The Kier molecular flexibility index (Phi) is 5.57. The van der Waals surface area contributed by atoms with Crippen molar-refractivity contribution in [2.75, 3.05) is 0 Å². The molecule has 0 aliphatic carbocycles. The van der Waals surface area contributed by atoms with Crippen molar-refractivity contribution in [3.63, 3.8) is 0 Å². The van der Waals surface area contributed by atoms with Crippen LogP contribution in [0.25, 0.3) is 0 Å². The summed E-state index contributed by atoms with van der Waals surface area (Å²) < 4.78 is 0. The number of aliphatic hydroxyl groups excluding tert-OH is 1. The molecule has 2 nitrogen and oxygen atoms in total. The third-order valence-electron chi connectivity index (χ3n) is 2.49. The number of unbranched alkanes of at least 4 members (excludes halogenated alkanes) is 1. The summed E-state index contributed by atoms with van der Waals surface area (Å²) in [4.78, 5) is 0. The Bertz CT molecular complexity index is 130. The van der Waals surface area contributed by atoms with Crippen molar-refractivity contribution in [3.8, 4) is 0 Å². The largest absolute Gasteiger partial charge is 0.393 e. The second-order valence-electron chi connectivity index (χ2n) is 4.62. The first-order valence-corrected chi connectivity index (χ1v) is 5.29. The first-order chi connectivity index (χ1) is 5.89. The summed E-state index contributed by atoms with van der Waals surface area (Å²) in [6.45, 7) is 7.87. The Morgan fingerprint density at radius 3 is 2.23 bits per heavy atom. The third-order valence-corrected chi connectivity index (χ3v) is 2.49. The van der Waals surface area contributed by atoms with Gasteiger partial charge in [0.05, 0.1) is 11.7 Å². The summed E-state index contributed by atoms with van der Waals surface area (Å²) in [5, 5.41) is 19.5. The molecule has 0 aliphatic rings. The summed E-state index contributed by atoms with van der Waals surface area (Å²) in [5.74, 6) is 0.230. The van der Waals surface area contributed by atoms with Gasteiger partial charge in [0.15, 0.2) is 0 Å². The van der Waals surface area contributed by atoms with Crippen molar-refractivity contribution < 1.29 is 10.2 Å². The number of hydrogen-bond donors (Lipinski definition) is 2. The Morgan fingerprint density at radius 1 is 1.31 bits per heavy atom. The minimum absolute atomic E-state index is 0.230. The van der Waals surface area contributed by atoms with Crippen LogP contribution >= 0.6 is 0 Å². The van der Waals surface area contributed by atoms with Gasteiger partial charge < -0.3 is 10.2 Å². The van der Waals surface area contributed by atoms with E-state index in [1.807, 2.05) is 20.8 Å². The highest BCUT2D eigenvalue weighted by Crippen LogP contribution is 2.22. The second-order valence-corrected chi connectivity index (χ2v) is 4.62. The predicted molar refractivity (Wildman–Crippen MR) is 55.6 cm³/mol. The van der Waals surface area contributed by atoms with Crippen LogP contribution in [0.5, 0.6) is 0 Å². The molecule has 13 heavy (non-hydrogen) atoms. The van der Waals surface area contributed by atoms with Crippen molar-refractivity contribution in [3.05, 3.63) is 0 Å². The SMILES string of the molecule is CCCCC(C)(O)CC(O)C(C)C. The zero-order valence-corrected chi connectivity index (χ0v) is 9.38. The average molecular weight is 188 g/mol. The molecule has 0 saturated carbocycles. The minimum Gasteiger partial charge on any atom is -0.393 e. The standard InChI is InChI=1S/C11H24O2/c1-5-6-7-11(4,13)8-10(12)9(2)3/h9-10,12-13H,5-8H2,1-4H3. The molecule has 2 N–H and O–H groups in total. The van der Waals surface area contributed by atoms with Crippen LogP contribution in [0.1, 0.15) is 53.4 Å². The molecule has 0 bridgehead atoms. The van der Waals surface area contributed by atoms with Crippen LogP contribution in [-0.4, -0.2) is 21.9 Å². The van der Waals surface area contributed by atoms with E-state index < -0.39 is 5.60 Å². The third kappa shape index (κ3) is 6.05. The number of rotatable bonds is 6. The highest BCUT2D eigenvalue weighted by molar-refractivity contribution is 4.77. The summed E-state index contributed by atoms with van der Waals surface area (Å²) in [6.07, 6.45) is 3.01. The molecule has 80 valence electrons. The smallest absolute Gasteiger partial charge is 0.0644 e. The van der Waals surface area contributed by atoms with Crippen molar-refractivity contribution in [2.45, 2.75) is 65.1 Å². The molecule has 2 unspecified atom stereocenters. The maximum absolute atomic E-state index is 9.90. The molecule has 0 aromatic heterocycles. The summed E-state index contributed by atoms with van der Waals surface area (Å²) in [6, 6.07) is 0.